The van der Waals surface area contributed by atoms with Gasteiger partial charge < -0.3 is 34.5 Å². The maximum Gasteiger partial charge on any atom is 0.286 e. The molecule has 2 aromatic carbocycles. The molecule has 0 unspecified atom stereocenters. The van der Waals surface area contributed by atoms with Gasteiger partial charge in [-0.05, 0) is 17.7 Å². The molecule has 0 aliphatic heterocycles. The number of aromatic amines is 1. The van der Waals surface area contributed by atoms with Gasteiger partial charge in [0, 0.05) is 31.9 Å². The molecule has 1 aromatic heterocycles. The molecule has 9 heteroatoms. The first kappa shape index (κ1) is 21.3. The Bertz CT molecular complexity index is 1080. The van der Waals surface area contributed by atoms with Gasteiger partial charge in [0.05, 0.1) is 33.5 Å². The highest BCUT2D eigenvalue weighted by atomic mass is 16.5. The fourth-order valence-corrected chi connectivity index (χ4v) is 3.28. The average molecular weight is 414 g/mol. The van der Waals surface area contributed by atoms with Crippen molar-refractivity contribution in [3.8, 4) is 17.2 Å². The lowest BCUT2D eigenvalue weighted by molar-refractivity contribution is 0.311. The highest BCUT2D eigenvalue weighted by Gasteiger charge is 2.20. The van der Waals surface area contributed by atoms with Gasteiger partial charge in [-0.3, -0.25) is 4.79 Å². The van der Waals surface area contributed by atoms with E-state index in [0.29, 0.717) is 41.4 Å². The van der Waals surface area contributed by atoms with Crippen LogP contribution in [0.2, 0.25) is 0 Å². The van der Waals surface area contributed by atoms with Crippen LogP contribution in [0.5, 0.6) is 17.2 Å². The summed E-state index contributed by atoms with van der Waals surface area (Å²) >= 11 is 0. The predicted molar refractivity (Wildman–Crippen MR) is 116 cm³/mol. The fraction of sp³-hybridized carbons (Fsp3) is 0.333. The van der Waals surface area contributed by atoms with Crippen LogP contribution in [0.4, 0.5) is 11.6 Å². The van der Waals surface area contributed by atoms with Crippen molar-refractivity contribution in [3.05, 3.63) is 46.2 Å². The molecule has 3 N–H and O–H groups in total. The number of nitrogens with zero attached hydrogens (tertiary/aromatic N) is 2. The number of hydrogen-bond donors (Lipinski definition) is 3. The Kier molecular flexibility index (Phi) is 6.63. The fourth-order valence-electron chi connectivity index (χ4n) is 3.28. The molecule has 9 nitrogen and oxygen atoms in total. The standard InChI is InChI=1S/C21H26N4O5/c1-25(12-13-6-5-7-14(10-13)22-8-9-26)21-23-15-11-16(28-2)18(29-3)19(30-4)17(15)20(27)24-21/h5-7,10-11,22,26H,8-9,12H2,1-4H3,(H,23,24,27). The second-order valence-electron chi connectivity index (χ2n) is 6.64. The Morgan fingerprint density at radius 3 is 2.57 bits per heavy atom. The summed E-state index contributed by atoms with van der Waals surface area (Å²) in [6.07, 6.45) is 0. The van der Waals surface area contributed by atoms with Gasteiger partial charge in [0.1, 0.15) is 5.39 Å². The number of aromatic nitrogens is 2. The van der Waals surface area contributed by atoms with Gasteiger partial charge in [-0.25, -0.2) is 0 Å². The molecule has 0 fully saturated rings. The number of aliphatic hydroxyl groups is 1. The van der Waals surface area contributed by atoms with E-state index in [1.807, 2.05) is 36.2 Å². The van der Waals surface area contributed by atoms with E-state index in [0.717, 1.165) is 11.3 Å². The van der Waals surface area contributed by atoms with Crippen molar-refractivity contribution in [2.24, 2.45) is 0 Å². The first-order valence-electron chi connectivity index (χ1n) is 9.40. The lowest BCUT2D eigenvalue weighted by Crippen LogP contribution is -2.23. The number of fused-ring (bicyclic) bond motifs is 1. The highest BCUT2D eigenvalue weighted by molar-refractivity contribution is 5.90. The number of hydrogen-bond acceptors (Lipinski definition) is 8. The SMILES string of the molecule is COc1cc2[nH]c(N(C)Cc3cccc(NCCO)c3)nc(=O)c2c(OC)c1OC. The third kappa shape index (κ3) is 4.25. The summed E-state index contributed by atoms with van der Waals surface area (Å²) in [7, 11) is 6.32. The van der Waals surface area contributed by atoms with Gasteiger partial charge in [0.15, 0.2) is 11.5 Å². The number of nitrogens with one attached hydrogen (secondary N) is 2. The van der Waals surface area contributed by atoms with Crippen LogP contribution in [0.3, 0.4) is 0 Å². The summed E-state index contributed by atoms with van der Waals surface area (Å²) in [5, 5.41) is 12.4. The second kappa shape index (κ2) is 9.36. The Hall–Kier alpha value is -3.46. The van der Waals surface area contributed by atoms with E-state index in [-0.39, 0.29) is 12.4 Å². The lowest BCUT2D eigenvalue weighted by atomic mass is 10.2. The molecule has 160 valence electrons. The summed E-state index contributed by atoms with van der Waals surface area (Å²) in [5.74, 6) is 1.47. The van der Waals surface area contributed by atoms with Crippen molar-refractivity contribution in [3.63, 3.8) is 0 Å². The number of aliphatic hydroxyl groups excluding tert-OH is 1. The van der Waals surface area contributed by atoms with Crippen molar-refractivity contribution >= 4 is 22.5 Å². The number of methoxy groups -OCH3 is 3. The smallest absolute Gasteiger partial charge is 0.286 e. The van der Waals surface area contributed by atoms with Crippen molar-refractivity contribution in [1.82, 2.24) is 9.97 Å². The van der Waals surface area contributed by atoms with Crippen molar-refractivity contribution < 1.29 is 19.3 Å². The van der Waals surface area contributed by atoms with E-state index < -0.39 is 5.56 Å². The quantitative estimate of drug-likeness (QED) is 0.488. The molecule has 0 spiro atoms. The zero-order chi connectivity index (χ0) is 21.7. The Morgan fingerprint density at radius 1 is 1.13 bits per heavy atom. The zero-order valence-corrected chi connectivity index (χ0v) is 17.5. The van der Waals surface area contributed by atoms with E-state index in [1.54, 1.807) is 6.07 Å². The van der Waals surface area contributed by atoms with Crippen LogP contribution in [0.25, 0.3) is 10.9 Å². The number of rotatable bonds is 9. The van der Waals surface area contributed by atoms with Crippen molar-refractivity contribution in [2.45, 2.75) is 6.54 Å². The molecule has 3 rings (SSSR count). The highest BCUT2D eigenvalue weighted by Crippen LogP contribution is 2.41. The van der Waals surface area contributed by atoms with E-state index in [2.05, 4.69) is 15.3 Å². The lowest BCUT2D eigenvalue weighted by Gasteiger charge is -2.20. The van der Waals surface area contributed by atoms with Crippen LogP contribution in [0, 0.1) is 0 Å². The predicted octanol–water partition coefficient (Wildman–Crippen LogP) is 1.99. The molecule has 3 aromatic rings. The number of benzene rings is 2. The first-order valence-corrected chi connectivity index (χ1v) is 9.40. The summed E-state index contributed by atoms with van der Waals surface area (Å²) in [6.45, 7) is 1.06. The minimum absolute atomic E-state index is 0.0596. The van der Waals surface area contributed by atoms with Crippen molar-refractivity contribution in [2.75, 3.05) is 51.7 Å². The van der Waals surface area contributed by atoms with Crippen LogP contribution >= 0.6 is 0 Å². The van der Waals surface area contributed by atoms with Gasteiger partial charge in [-0.2, -0.15) is 4.98 Å². The van der Waals surface area contributed by atoms with Crippen LogP contribution < -0.4 is 30.0 Å². The van der Waals surface area contributed by atoms with E-state index in [4.69, 9.17) is 19.3 Å². The number of anilines is 2. The van der Waals surface area contributed by atoms with Crippen LogP contribution in [0.15, 0.2) is 35.1 Å². The summed E-state index contributed by atoms with van der Waals surface area (Å²) in [6, 6.07) is 9.53. The van der Waals surface area contributed by atoms with Crippen LogP contribution in [-0.4, -0.2) is 56.6 Å². The molecular weight excluding hydrogens is 388 g/mol. The number of ether oxygens (including phenoxy) is 3. The summed E-state index contributed by atoms with van der Waals surface area (Å²) in [5.41, 5.74) is 2.04. The van der Waals surface area contributed by atoms with Crippen LogP contribution in [0.1, 0.15) is 5.56 Å². The molecule has 0 amide bonds. The van der Waals surface area contributed by atoms with Gasteiger partial charge in [0.25, 0.3) is 5.56 Å². The third-order valence-electron chi connectivity index (χ3n) is 4.65. The molecule has 0 aliphatic rings. The first-order chi connectivity index (χ1) is 14.5. The molecule has 0 saturated heterocycles. The summed E-state index contributed by atoms with van der Waals surface area (Å²) in [4.78, 5) is 22.0. The largest absolute Gasteiger partial charge is 0.493 e. The van der Waals surface area contributed by atoms with E-state index in [1.165, 1.54) is 21.3 Å². The topological polar surface area (TPSA) is 109 Å². The normalized spacial score (nSPS) is 10.7. The van der Waals surface area contributed by atoms with Gasteiger partial charge in [0.2, 0.25) is 11.7 Å². The van der Waals surface area contributed by atoms with Gasteiger partial charge in [-0.15, -0.1) is 0 Å². The zero-order valence-electron chi connectivity index (χ0n) is 17.5. The van der Waals surface area contributed by atoms with E-state index in [9.17, 15) is 4.79 Å². The minimum Gasteiger partial charge on any atom is -0.493 e. The average Bonchev–Trinajstić information content (AvgIpc) is 2.76. The Labute approximate surface area is 174 Å². The van der Waals surface area contributed by atoms with Gasteiger partial charge in [-0.1, -0.05) is 12.1 Å². The number of H-pyrrole nitrogens is 1. The molecule has 0 bridgehead atoms. The Balaban J connectivity index is 1.97. The maximum atomic E-state index is 12.8. The van der Waals surface area contributed by atoms with Crippen molar-refractivity contribution in [1.29, 1.82) is 0 Å². The molecule has 0 saturated carbocycles. The third-order valence-corrected chi connectivity index (χ3v) is 4.65. The van der Waals surface area contributed by atoms with E-state index >= 15 is 0 Å². The van der Waals surface area contributed by atoms with Crippen LogP contribution in [-0.2, 0) is 6.54 Å². The summed E-state index contributed by atoms with van der Waals surface area (Å²) < 4.78 is 16.1. The monoisotopic (exact) mass is 414 g/mol. The maximum absolute atomic E-state index is 12.8. The second-order valence-corrected chi connectivity index (χ2v) is 6.64. The molecule has 0 aliphatic carbocycles. The molecule has 0 radical (unpaired) electrons. The molecular formula is C21H26N4O5. The minimum atomic E-state index is -0.429. The molecule has 0 atom stereocenters. The Morgan fingerprint density at radius 2 is 1.90 bits per heavy atom. The molecule has 30 heavy (non-hydrogen) atoms. The molecule has 1 heterocycles. The van der Waals surface area contributed by atoms with Gasteiger partial charge >= 0.3 is 0 Å².